The van der Waals surface area contributed by atoms with Gasteiger partial charge in [-0.15, -0.1) is 0 Å². The van der Waals surface area contributed by atoms with Crippen LogP contribution in [-0.4, -0.2) is 13.9 Å². The number of alkyl halides is 3. The normalized spacial score (nSPS) is 12.8. The fourth-order valence-corrected chi connectivity index (χ4v) is 1.86. The van der Waals surface area contributed by atoms with Crippen LogP contribution in [0.4, 0.5) is 13.2 Å². The minimum absolute atomic E-state index is 0.116. The molecule has 0 N–H and O–H groups in total. The Balaban J connectivity index is 2.85. The minimum Gasteiger partial charge on any atom is -0.258 e. The lowest BCUT2D eigenvalue weighted by atomic mass is 10.2. The van der Waals surface area contributed by atoms with Gasteiger partial charge in [0.2, 0.25) is 0 Å². The standard InChI is InChI=1S/C8H5BrClF3O3S/c9-6-1-2-7(10)5(3-6)4-16-17(14,15)8(11,12)13/h1-3H,4H2. The number of halogens is 5. The zero-order valence-electron chi connectivity index (χ0n) is 7.96. The van der Waals surface area contributed by atoms with Crippen LogP contribution in [0.25, 0.3) is 0 Å². The van der Waals surface area contributed by atoms with Gasteiger partial charge in [0, 0.05) is 9.50 Å². The Bertz CT molecular complexity index is 515. The summed E-state index contributed by atoms with van der Waals surface area (Å²) in [7, 11) is -5.60. The second kappa shape index (κ2) is 5.13. The van der Waals surface area contributed by atoms with E-state index in [1.54, 1.807) is 6.07 Å². The van der Waals surface area contributed by atoms with Gasteiger partial charge in [0.25, 0.3) is 0 Å². The van der Waals surface area contributed by atoms with E-state index >= 15 is 0 Å². The van der Waals surface area contributed by atoms with E-state index in [0.29, 0.717) is 4.47 Å². The number of hydrogen-bond donors (Lipinski definition) is 0. The van der Waals surface area contributed by atoms with Crippen LogP contribution in [-0.2, 0) is 20.9 Å². The number of hydrogen-bond acceptors (Lipinski definition) is 3. The third-order valence-corrected chi connectivity index (χ3v) is 3.52. The third kappa shape index (κ3) is 3.84. The van der Waals surface area contributed by atoms with E-state index < -0.39 is 22.2 Å². The summed E-state index contributed by atoms with van der Waals surface area (Å²) in [4.78, 5) is 0. The summed E-state index contributed by atoms with van der Waals surface area (Å²) in [6, 6.07) is 4.34. The fraction of sp³-hybridized carbons (Fsp3) is 0.250. The van der Waals surface area contributed by atoms with Crippen LogP contribution in [0.3, 0.4) is 0 Å². The SMILES string of the molecule is O=S(=O)(OCc1cc(Br)ccc1Cl)C(F)(F)F. The van der Waals surface area contributed by atoms with Crippen molar-refractivity contribution >= 4 is 37.6 Å². The molecule has 0 amide bonds. The van der Waals surface area contributed by atoms with Crippen LogP contribution >= 0.6 is 27.5 Å². The summed E-state index contributed by atoms with van der Waals surface area (Å²) in [6.45, 7) is -0.778. The molecule has 9 heteroatoms. The summed E-state index contributed by atoms with van der Waals surface area (Å²) in [5, 5.41) is 0.116. The zero-order chi connectivity index (χ0) is 13.3. The van der Waals surface area contributed by atoms with Gasteiger partial charge in [-0.25, -0.2) is 0 Å². The van der Waals surface area contributed by atoms with Gasteiger partial charge in [0.05, 0.1) is 6.61 Å². The van der Waals surface area contributed by atoms with Crippen molar-refractivity contribution in [2.75, 3.05) is 0 Å². The first-order chi connectivity index (χ1) is 7.63. The lowest BCUT2D eigenvalue weighted by molar-refractivity contribution is -0.0547. The quantitative estimate of drug-likeness (QED) is 0.617. The Morgan fingerprint density at radius 3 is 2.47 bits per heavy atom. The van der Waals surface area contributed by atoms with Crippen LogP contribution in [0, 0.1) is 0 Å². The molecule has 0 spiro atoms. The molecule has 0 aliphatic carbocycles. The first kappa shape index (κ1) is 14.7. The molecule has 0 fully saturated rings. The minimum atomic E-state index is -5.60. The lowest BCUT2D eigenvalue weighted by Crippen LogP contribution is -2.25. The summed E-state index contributed by atoms with van der Waals surface area (Å²) < 4.78 is 61.5. The summed E-state index contributed by atoms with van der Waals surface area (Å²) in [5.41, 5.74) is -5.31. The van der Waals surface area contributed by atoms with E-state index in [4.69, 9.17) is 11.6 Å². The Morgan fingerprint density at radius 2 is 1.94 bits per heavy atom. The highest BCUT2D eigenvalue weighted by molar-refractivity contribution is 9.10. The van der Waals surface area contributed by atoms with E-state index in [9.17, 15) is 21.6 Å². The molecule has 0 aromatic heterocycles. The molecule has 0 heterocycles. The first-order valence-corrected chi connectivity index (χ1v) is 6.61. The average Bonchev–Trinajstić information content (AvgIpc) is 2.18. The summed E-state index contributed by atoms with van der Waals surface area (Å²) in [5.74, 6) is 0. The molecule has 1 aromatic carbocycles. The molecule has 17 heavy (non-hydrogen) atoms. The molecule has 0 aliphatic rings. The van der Waals surface area contributed by atoms with E-state index in [1.165, 1.54) is 12.1 Å². The molecular weight excluding hydrogens is 349 g/mol. The molecule has 0 saturated heterocycles. The maximum Gasteiger partial charge on any atom is 0.523 e. The highest BCUT2D eigenvalue weighted by Gasteiger charge is 2.47. The molecule has 0 bridgehead atoms. The van der Waals surface area contributed by atoms with Crippen molar-refractivity contribution in [2.45, 2.75) is 12.1 Å². The van der Waals surface area contributed by atoms with Gasteiger partial charge in [-0.3, -0.25) is 4.18 Å². The average molecular weight is 354 g/mol. The van der Waals surface area contributed by atoms with Crippen LogP contribution in [0.1, 0.15) is 5.56 Å². The van der Waals surface area contributed by atoms with Gasteiger partial charge in [0.15, 0.2) is 0 Å². The van der Waals surface area contributed by atoms with Crippen LogP contribution in [0.5, 0.6) is 0 Å². The van der Waals surface area contributed by atoms with Crippen molar-refractivity contribution in [1.29, 1.82) is 0 Å². The monoisotopic (exact) mass is 352 g/mol. The van der Waals surface area contributed by atoms with E-state index in [2.05, 4.69) is 20.1 Å². The largest absolute Gasteiger partial charge is 0.523 e. The van der Waals surface area contributed by atoms with E-state index in [0.717, 1.165) is 0 Å². The third-order valence-electron chi connectivity index (χ3n) is 1.66. The molecule has 0 aliphatic heterocycles. The van der Waals surface area contributed by atoms with Gasteiger partial charge < -0.3 is 0 Å². The van der Waals surface area contributed by atoms with Crippen molar-refractivity contribution in [2.24, 2.45) is 0 Å². The van der Waals surface area contributed by atoms with Crippen LogP contribution < -0.4 is 0 Å². The predicted octanol–water partition coefficient (Wildman–Crippen LogP) is 3.47. The smallest absolute Gasteiger partial charge is 0.258 e. The summed E-state index contributed by atoms with van der Waals surface area (Å²) >= 11 is 8.73. The van der Waals surface area contributed by atoms with Crippen molar-refractivity contribution in [1.82, 2.24) is 0 Å². The zero-order valence-corrected chi connectivity index (χ0v) is 11.1. The Labute approximate surface area is 109 Å². The van der Waals surface area contributed by atoms with Crippen LogP contribution in [0.15, 0.2) is 22.7 Å². The molecule has 96 valence electrons. The molecule has 0 unspecified atom stereocenters. The van der Waals surface area contributed by atoms with Gasteiger partial charge in [-0.05, 0) is 23.8 Å². The molecule has 1 aromatic rings. The van der Waals surface area contributed by atoms with Crippen LogP contribution in [0.2, 0.25) is 5.02 Å². The second-order valence-corrected chi connectivity index (χ2v) is 5.83. The highest BCUT2D eigenvalue weighted by atomic mass is 79.9. The molecule has 0 atom stereocenters. The number of benzene rings is 1. The number of rotatable bonds is 3. The maximum atomic E-state index is 12.0. The lowest BCUT2D eigenvalue weighted by Gasteiger charge is -2.09. The maximum absolute atomic E-state index is 12.0. The first-order valence-electron chi connectivity index (χ1n) is 4.03. The van der Waals surface area contributed by atoms with Gasteiger partial charge >= 0.3 is 15.6 Å². The topological polar surface area (TPSA) is 43.4 Å². The van der Waals surface area contributed by atoms with Crippen molar-refractivity contribution in [3.8, 4) is 0 Å². The highest BCUT2D eigenvalue weighted by Crippen LogP contribution is 2.27. The Morgan fingerprint density at radius 1 is 1.35 bits per heavy atom. The van der Waals surface area contributed by atoms with Gasteiger partial charge in [-0.2, -0.15) is 21.6 Å². The molecule has 0 saturated carbocycles. The Hall–Kier alpha value is -0.310. The fourth-order valence-electron chi connectivity index (χ4n) is 0.862. The molecule has 1 rings (SSSR count). The molecular formula is C8H5BrClF3O3S. The second-order valence-electron chi connectivity index (χ2n) is 2.90. The Kier molecular flexibility index (Phi) is 4.45. The van der Waals surface area contributed by atoms with Crippen molar-refractivity contribution < 1.29 is 25.8 Å². The summed E-state index contributed by atoms with van der Waals surface area (Å²) in [6.07, 6.45) is 0. The van der Waals surface area contributed by atoms with Crippen molar-refractivity contribution in [3.05, 3.63) is 33.3 Å². The van der Waals surface area contributed by atoms with Gasteiger partial charge in [0.1, 0.15) is 0 Å². The van der Waals surface area contributed by atoms with Gasteiger partial charge in [-0.1, -0.05) is 27.5 Å². The molecule has 3 nitrogen and oxygen atoms in total. The predicted molar refractivity (Wildman–Crippen MR) is 58.9 cm³/mol. The molecule has 0 radical (unpaired) electrons. The van der Waals surface area contributed by atoms with E-state index in [-0.39, 0.29) is 10.6 Å². The van der Waals surface area contributed by atoms with Crippen molar-refractivity contribution in [3.63, 3.8) is 0 Å². The van der Waals surface area contributed by atoms with E-state index in [1.807, 2.05) is 0 Å².